The Hall–Kier alpha value is -3.99. The summed E-state index contributed by atoms with van der Waals surface area (Å²) in [6.45, 7) is 0. The second-order valence-electron chi connectivity index (χ2n) is 8.44. The van der Waals surface area contributed by atoms with Gasteiger partial charge in [0.05, 0.1) is 22.4 Å². The second kappa shape index (κ2) is 4.94. The Labute approximate surface area is 173 Å². The van der Waals surface area contributed by atoms with E-state index in [2.05, 4.69) is 97.1 Å². The molecule has 0 nitrogen and oxygen atoms in total. The molecule has 0 saturated carbocycles. The van der Waals surface area contributed by atoms with Gasteiger partial charge in [-0.15, -0.1) is 0 Å². The summed E-state index contributed by atoms with van der Waals surface area (Å²) in [6, 6.07) is 31.4. The standard InChI is InChI=1S/C30H15/c1-2-4-17(5-3-1)24-16-22-13-12-20-9-7-18-6-8-19-10-11-21-14-15-23(24)30-28(21)26(19)25(18)27(20)29(22)30/h1-8,10-16H/q+1. The summed E-state index contributed by atoms with van der Waals surface area (Å²) in [5.41, 5.74) is 5.08. The topological polar surface area (TPSA) is 0 Å². The van der Waals surface area contributed by atoms with E-state index in [0.717, 1.165) is 0 Å². The maximum Gasteiger partial charge on any atom is 0.156 e. The van der Waals surface area contributed by atoms with Gasteiger partial charge in [-0.25, -0.2) is 0 Å². The van der Waals surface area contributed by atoms with E-state index in [1.165, 1.54) is 76.1 Å². The van der Waals surface area contributed by atoms with Gasteiger partial charge in [0.2, 0.25) is 0 Å². The van der Waals surface area contributed by atoms with E-state index in [9.17, 15) is 0 Å². The van der Waals surface area contributed by atoms with Gasteiger partial charge in [-0.05, 0) is 51.6 Å². The molecule has 0 N–H and O–H groups in total. The van der Waals surface area contributed by atoms with Crippen molar-refractivity contribution in [2.24, 2.45) is 0 Å². The van der Waals surface area contributed by atoms with Crippen LogP contribution in [0.2, 0.25) is 0 Å². The van der Waals surface area contributed by atoms with Crippen LogP contribution in [-0.2, 0) is 0 Å². The number of hydrogen-bond acceptors (Lipinski definition) is 0. The second-order valence-corrected chi connectivity index (χ2v) is 8.44. The molecule has 0 fully saturated rings. The Bertz CT molecular complexity index is 1820. The average molecular weight is 375 g/mol. The van der Waals surface area contributed by atoms with Crippen LogP contribution in [0.4, 0.5) is 0 Å². The third kappa shape index (κ3) is 1.60. The Balaban J connectivity index is 1.78. The fraction of sp³-hybridized carbons (Fsp3) is 0. The highest BCUT2D eigenvalue weighted by Gasteiger charge is 2.27. The van der Waals surface area contributed by atoms with Gasteiger partial charge in [0, 0.05) is 39.1 Å². The van der Waals surface area contributed by atoms with Crippen LogP contribution >= 0.6 is 0 Å². The molecule has 0 aromatic heterocycles. The molecule has 0 heteroatoms. The molecule has 7 aromatic rings. The Morgan fingerprint density at radius 2 is 1.20 bits per heavy atom. The monoisotopic (exact) mass is 375 g/mol. The first-order valence-electron chi connectivity index (χ1n) is 10.5. The van der Waals surface area contributed by atoms with Gasteiger partial charge in [0.1, 0.15) is 0 Å². The van der Waals surface area contributed by atoms with Crippen LogP contribution in [0.3, 0.4) is 0 Å². The Morgan fingerprint density at radius 1 is 0.500 bits per heavy atom. The lowest BCUT2D eigenvalue weighted by atomic mass is 9.79. The first-order valence-corrected chi connectivity index (χ1v) is 10.5. The summed E-state index contributed by atoms with van der Waals surface area (Å²) in [6.07, 6.45) is 5.71. The fourth-order valence-electron chi connectivity index (χ4n) is 5.76. The third-order valence-electron chi connectivity index (χ3n) is 7.00. The lowest BCUT2D eigenvalue weighted by Crippen LogP contribution is -1.97. The van der Waals surface area contributed by atoms with Crippen molar-refractivity contribution in [3.63, 3.8) is 0 Å². The van der Waals surface area contributed by atoms with Crippen LogP contribution in [0.25, 0.3) is 71.1 Å². The molecule has 0 heterocycles. The molecular formula is C30H15+. The summed E-state index contributed by atoms with van der Waals surface area (Å²) in [5.74, 6) is 0. The van der Waals surface area contributed by atoms with Crippen LogP contribution in [0.5, 0.6) is 0 Å². The van der Waals surface area contributed by atoms with Gasteiger partial charge >= 0.3 is 0 Å². The molecule has 7 aromatic carbocycles. The molecule has 0 unspecified atom stereocenters. The molecule has 0 radical (unpaired) electrons. The van der Waals surface area contributed by atoms with E-state index in [1.54, 1.807) is 0 Å². The smallest absolute Gasteiger partial charge is 0.0622 e. The lowest BCUT2D eigenvalue weighted by Gasteiger charge is -2.20. The normalized spacial score (nSPS) is 12.9. The van der Waals surface area contributed by atoms with E-state index in [0.29, 0.717) is 0 Å². The van der Waals surface area contributed by atoms with Gasteiger partial charge < -0.3 is 0 Å². The van der Waals surface area contributed by atoms with Crippen molar-refractivity contribution in [3.8, 4) is 11.1 Å². The van der Waals surface area contributed by atoms with Gasteiger partial charge in [-0.1, -0.05) is 54.6 Å². The number of benzene rings is 7. The summed E-state index contributed by atoms with van der Waals surface area (Å²) in [4.78, 5) is 0. The number of hydrogen-bond donors (Lipinski definition) is 0. The molecule has 0 bridgehead atoms. The largest absolute Gasteiger partial charge is 0.156 e. The Kier molecular flexibility index (Phi) is 2.46. The predicted octanol–water partition coefficient (Wildman–Crippen LogP) is 8.17. The van der Waals surface area contributed by atoms with Crippen molar-refractivity contribution in [3.05, 3.63) is 102 Å². The summed E-state index contributed by atoms with van der Waals surface area (Å²) in [5, 5.41) is 13.7. The minimum atomic E-state index is 1.21. The zero-order chi connectivity index (χ0) is 19.4. The molecule has 134 valence electrons. The summed E-state index contributed by atoms with van der Waals surface area (Å²) >= 11 is 0. The van der Waals surface area contributed by atoms with E-state index in [1.807, 2.05) is 0 Å². The molecule has 0 spiro atoms. The summed E-state index contributed by atoms with van der Waals surface area (Å²) < 4.78 is 0. The van der Waals surface area contributed by atoms with Crippen molar-refractivity contribution in [1.29, 1.82) is 0 Å². The molecule has 0 saturated heterocycles. The van der Waals surface area contributed by atoms with Gasteiger partial charge in [-0.3, -0.25) is 0 Å². The molecule has 8 rings (SSSR count). The maximum atomic E-state index is 3.55. The number of rotatable bonds is 1. The summed E-state index contributed by atoms with van der Waals surface area (Å²) in [7, 11) is 0. The zero-order valence-corrected chi connectivity index (χ0v) is 16.2. The van der Waals surface area contributed by atoms with Crippen LogP contribution in [0.15, 0.2) is 84.9 Å². The SMILES string of the molecule is [C+]1=Cc2ccc3ccc4ccc5c(-c6ccccc6)cc6ccc1c1c2c3c4c5c61. The van der Waals surface area contributed by atoms with Gasteiger partial charge in [-0.2, -0.15) is 0 Å². The lowest BCUT2D eigenvalue weighted by molar-refractivity contribution is 1.64. The van der Waals surface area contributed by atoms with Crippen LogP contribution in [0, 0.1) is 6.08 Å². The van der Waals surface area contributed by atoms with Crippen LogP contribution < -0.4 is 0 Å². The maximum absolute atomic E-state index is 3.55. The molecule has 30 heavy (non-hydrogen) atoms. The van der Waals surface area contributed by atoms with Crippen molar-refractivity contribution in [2.75, 3.05) is 0 Å². The highest BCUT2D eigenvalue weighted by Crippen LogP contribution is 2.50. The molecule has 0 amide bonds. The van der Waals surface area contributed by atoms with Crippen LogP contribution in [0.1, 0.15) is 11.1 Å². The van der Waals surface area contributed by atoms with Crippen molar-refractivity contribution in [1.82, 2.24) is 0 Å². The average Bonchev–Trinajstić information content (AvgIpc) is 2.82. The first kappa shape index (κ1) is 14.9. The van der Waals surface area contributed by atoms with E-state index < -0.39 is 0 Å². The molecule has 0 atom stereocenters. The van der Waals surface area contributed by atoms with Crippen molar-refractivity contribution in [2.45, 2.75) is 0 Å². The first-order chi connectivity index (χ1) is 14.9. The molecule has 1 aliphatic rings. The Morgan fingerprint density at radius 3 is 2.07 bits per heavy atom. The third-order valence-corrected chi connectivity index (χ3v) is 7.00. The highest BCUT2D eigenvalue weighted by molar-refractivity contribution is 6.42. The van der Waals surface area contributed by atoms with Crippen molar-refractivity contribution >= 4 is 59.9 Å². The minimum Gasteiger partial charge on any atom is -0.0622 e. The van der Waals surface area contributed by atoms with E-state index in [-0.39, 0.29) is 0 Å². The molecule has 1 aliphatic carbocycles. The van der Waals surface area contributed by atoms with Gasteiger partial charge in [0.15, 0.2) is 5.56 Å². The fourth-order valence-corrected chi connectivity index (χ4v) is 5.76. The quantitative estimate of drug-likeness (QED) is 0.154. The molecule has 0 aliphatic heterocycles. The zero-order valence-electron chi connectivity index (χ0n) is 16.2. The van der Waals surface area contributed by atoms with E-state index in [4.69, 9.17) is 0 Å². The predicted molar refractivity (Wildman–Crippen MR) is 129 cm³/mol. The molecular weight excluding hydrogens is 360 g/mol. The van der Waals surface area contributed by atoms with Gasteiger partial charge in [0.25, 0.3) is 0 Å². The van der Waals surface area contributed by atoms with Crippen molar-refractivity contribution < 1.29 is 0 Å². The highest BCUT2D eigenvalue weighted by atomic mass is 14.3. The van der Waals surface area contributed by atoms with E-state index >= 15 is 0 Å². The van der Waals surface area contributed by atoms with Crippen LogP contribution in [-0.4, -0.2) is 0 Å². The minimum absolute atomic E-state index is 1.21.